The van der Waals surface area contributed by atoms with Gasteiger partial charge in [-0.3, -0.25) is 4.98 Å². The lowest BCUT2D eigenvalue weighted by Gasteiger charge is -2.05. The topological polar surface area (TPSA) is 73.0 Å². The van der Waals surface area contributed by atoms with Crippen LogP contribution < -0.4 is 5.73 Å². The molecule has 1 saturated carbocycles. The Hall–Kier alpha value is -1.10. The summed E-state index contributed by atoms with van der Waals surface area (Å²) in [5.74, 6) is 0.814. The highest BCUT2D eigenvalue weighted by Crippen LogP contribution is 2.33. The fourth-order valence-electron chi connectivity index (χ4n) is 1.52. The standard InChI is InChI=1S/C10H14N2O2S/c11-9-7-12-5-3-10(9)15(13,14)6-4-8-1-2-8/h3,5,7-8H,1-2,4,6,11H2. The molecule has 1 fully saturated rings. The summed E-state index contributed by atoms with van der Waals surface area (Å²) in [6.07, 6.45) is 5.93. The van der Waals surface area contributed by atoms with Gasteiger partial charge < -0.3 is 5.73 Å². The summed E-state index contributed by atoms with van der Waals surface area (Å²) in [7, 11) is -3.21. The number of aromatic nitrogens is 1. The van der Waals surface area contributed by atoms with Crippen LogP contribution in [0.2, 0.25) is 0 Å². The van der Waals surface area contributed by atoms with E-state index in [1.165, 1.54) is 31.3 Å². The summed E-state index contributed by atoms with van der Waals surface area (Å²) in [5, 5.41) is 0. The Kier molecular flexibility index (Phi) is 2.65. The summed E-state index contributed by atoms with van der Waals surface area (Å²) in [4.78, 5) is 4.00. The number of pyridine rings is 1. The first kappa shape index (κ1) is 10.4. The lowest BCUT2D eigenvalue weighted by molar-refractivity contribution is 0.590. The van der Waals surface area contributed by atoms with Crippen molar-refractivity contribution in [2.24, 2.45) is 5.92 Å². The van der Waals surface area contributed by atoms with Gasteiger partial charge in [0.05, 0.1) is 22.5 Å². The van der Waals surface area contributed by atoms with Crippen LogP contribution in [0.1, 0.15) is 19.3 Å². The van der Waals surface area contributed by atoms with E-state index in [0.717, 1.165) is 6.42 Å². The maximum Gasteiger partial charge on any atom is 0.180 e. The molecular formula is C10H14N2O2S. The largest absolute Gasteiger partial charge is 0.396 e. The normalized spacial score (nSPS) is 16.5. The van der Waals surface area contributed by atoms with Crippen molar-refractivity contribution in [3.63, 3.8) is 0 Å². The first-order valence-corrected chi connectivity index (χ1v) is 6.67. The first-order chi connectivity index (χ1) is 7.09. The van der Waals surface area contributed by atoms with Crippen LogP contribution in [-0.2, 0) is 9.84 Å². The number of rotatable bonds is 4. The van der Waals surface area contributed by atoms with E-state index in [1.807, 2.05) is 0 Å². The maximum absolute atomic E-state index is 11.9. The molecule has 0 amide bonds. The van der Waals surface area contributed by atoms with Gasteiger partial charge in [0.2, 0.25) is 0 Å². The zero-order valence-electron chi connectivity index (χ0n) is 8.39. The minimum atomic E-state index is -3.21. The Morgan fingerprint density at radius 2 is 2.20 bits per heavy atom. The number of nitrogen functional groups attached to an aromatic ring is 1. The third kappa shape index (κ3) is 2.47. The third-order valence-electron chi connectivity index (χ3n) is 2.64. The molecule has 82 valence electrons. The molecular weight excluding hydrogens is 212 g/mol. The smallest absolute Gasteiger partial charge is 0.180 e. The SMILES string of the molecule is Nc1cnccc1S(=O)(=O)CCC1CC1. The van der Waals surface area contributed by atoms with Crippen molar-refractivity contribution in [2.75, 3.05) is 11.5 Å². The Bertz CT molecular complexity index is 452. The molecule has 0 unspecified atom stereocenters. The molecule has 0 aliphatic heterocycles. The van der Waals surface area contributed by atoms with Crippen LogP contribution in [0.3, 0.4) is 0 Å². The Balaban J connectivity index is 2.16. The van der Waals surface area contributed by atoms with Gasteiger partial charge in [0, 0.05) is 6.20 Å². The Morgan fingerprint density at radius 3 is 2.80 bits per heavy atom. The second kappa shape index (κ2) is 3.81. The second-order valence-corrected chi connectivity index (χ2v) is 6.04. The van der Waals surface area contributed by atoms with Gasteiger partial charge >= 0.3 is 0 Å². The van der Waals surface area contributed by atoms with Crippen LogP contribution in [0.5, 0.6) is 0 Å². The van der Waals surface area contributed by atoms with E-state index in [-0.39, 0.29) is 16.3 Å². The molecule has 15 heavy (non-hydrogen) atoms. The number of hydrogen-bond donors (Lipinski definition) is 1. The highest BCUT2D eigenvalue weighted by molar-refractivity contribution is 7.91. The van der Waals surface area contributed by atoms with Crippen molar-refractivity contribution in [1.82, 2.24) is 4.98 Å². The maximum atomic E-state index is 11.9. The van der Waals surface area contributed by atoms with Crippen molar-refractivity contribution in [2.45, 2.75) is 24.2 Å². The van der Waals surface area contributed by atoms with Crippen molar-refractivity contribution in [3.8, 4) is 0 Å². The van der Waals surface area contributed by atoms with Gasteiger partial charge in [-0.05, 0) is 18.4 Å². The number of sulfone groups is 1. The predicted molar refractivity (Wildman–Crippen MR) is 58.0 cm³/mol. The molecule has 1 aliphatic rings. The van der Waals surface area contributed by atoms with E-state index in [2.05, 4.69) is 4.98 Å². The average Bonchev–Trinajstić information content (AvgIpc) is 2.99. The van der Waals surface area contributed by atoms with E-state index in [0.29, 0.717) is 5.92 Å². The predicted octanol–water partition coefficient (Wildman–Crippen LogP) is 1.24. The molecule has 5 heteroatoms. The molecule has 1 aromatic rings. The summed E-state index contributed by atoms with van der Waals surface area (Å²) >= 11 is 0. The van der Waals surface area contributed by atoms with Crippen LogP contribution in [0.4, 0.5) is 5.69 Å². The molecule has 1 aromatic heterocycles. The number of hydrogen-bond acceptors (Lipinski definition) is 4. The van der Waals surface area contributed by atoms with Gasteiger partial charge in [0.15, 0.2) is 9.84 Å². The van der Waals surface area contributed by atoms with E-state index >= 15 is 0 Å². The quantitative estimate of drug-likeness (QED) is 0.838. The van der Waals surface area contributed by atoms with Gasteiger partial charge in [-0.15, -0.1) is 0 Å². The number of anilines is 1. The average molecular weight is 226 g/mol. The number of nitrogens with zero attached hydrogens (tertiary/aromatic N) is 1. The zero-order valence-corrected chi connectivity index (χ0v) is 9.20. The van der Waals surface area contributed by atoms with E-state index in [9.17, 15) is 8.42 Å². The van der Waals surface area contributed by atoms with Gasteiger partial charge in [-0.25, -0.2) is 8.42 Å². The minimum Gasteiger partial charge on any atom is -0.396 e. The van der Waals surface area contributed by atoms with Gasteiger partial charge in [0.1, 0.15) is 0 Å². The fraction of sp³-hybridized carbons (Fsp3) is 0.500. The van der Waals surface area contributed by atoms with E-state index in [1.54, 1.807) is 0 Å². The number of nitrogens with two attached hydrogens (primary N) is 1. The van der Waals surface area contributed by atoms with Crippen molar-refractivity contribution in [3.05, 3.63) is 18.5 Å². The van der Waals surface area contributed by atoms with Gasteiger partial charge in [-0.1, -0.05) is 12.8 Å². The van der Waals surface area contributed by atoms with E-state index in [4.69, 9.17) is 5.73 Å². The summed E-state index contributed by atoms with van der Waals surface area (Å²) < 4.78 is 23.8. The molecule has 1 heterocycles. The third-order valence-corrected chi connectivity index (χ3v) is 4.45. The summed E-state index contributed by atoms with van der Waals surface area (Å²) in [6.45, 7) is 0. The van der Waals surface area contributed by atoms with Crippen molar-refractivity contribution < 1.29 is 8.42 Å². The molecule has 2 rings (SSSR count). The van der Waals surface area contributed by atoms with Gasteiger partial charge in [-0.2, -0.15) is 0 Å². The molecule has 0 saturated heterocycles. The highest BCUT2D eigenvalue weighted by Gasteiger charge is 2.25. The molecule has 2 N–H and O–H groups in total. The van der Waals surface area contributed by atoms with Crippen LogP contribution in [-0.4, -0.2) is 19.2 Å². The van der Waals surface area contributed by atoms with Crippen molar-refractivity contribution >= 4 is 15.5 Å². The first-order valence-electron chi connectivity index (χ1n) is 5.02. The van der Waals surface area contributed by atoms with Crippen LogP contribution in [0, 0.1) is 5.92 Å². The molecule has 4 nitrogen and oxygen atoms in total. The Morgan fingerprint density at radius 1 is 1.47 bits per heavy atom. The molecule has 0 spiro atoms. The summed E-state index contributed by atoms with van der Waals surface area (Å²) in [5.41, 5.74) is 5.83. The lowest BCUT2D eigenvalue weighted by Crippen LogP contribution is -2.10. The van der Waals surface area contributed by atoms with Crippen LogP contribution >= 0.6 is 0 Å². The lowest BCUT2D eigenvalue weighted by atomic mass is 10.3. The monoisotopic (exact) mass is 226 g/mol. The minimum absolute atomic E-state index is 0.200. The molecule has 0 aromatic carbocycles. The summed E-state index contributed by atoms with van der Waals surface area (Å²) in [6, 6.07) is 1.47. The zero-order chi connectivity index (χ0) is 10.9. The molecule has 0 bridgehead atoms. The molecule has 0 atom stereocenters. The fourth-order valence-corrected chi connectivity index (χ4v) is 3.06. The Labute approximate surface area is 89.4 Å². The van der Waals surface area contributed by atoms with Crippen molar-refractivity contribution in [1.29, 1.82) is 0 Å². The second-order valence-electron chi connectivity index (χ2n) is 3.96. The van der Waals surface area contributed by atoms with E-state index < -0.39 is 9.84 Å². The van der Waals surface area contributed by atoms with Gasteiger partial charge in [0.25, 0.3) is 0 Å². The molecule has 1 aliphatic carbocycles. The molecule has 0 radical (unpaired) electrons. The van der Waals surface area contributed by atoms with Crippen LogP contribution in [0.25, 0.3) is 0 Å². The van der Waals surface area contributed by atoms with Crippen LogP contribution in [0.15, 0.2) is 23.4 Å². The highest BCUT2D eigenvalue weighted by atomic mass is 32.2.